The lowest BCUT2D eigenvalue weighted by molar-refractivity contribution is -0.0145. The number of aliphatic hydroxyl groups excluding tert-OH is 2. The molecule has 29 heavy (non-hydrogen) atoms. The summed E-state index contributed by atoms with van der Waals surface area (Å²) in [5.74, 6) is 0.436. The van der Waals surface area contributed by atoms with Crippen molar-refractivity contribution >= 4 is 5.91 Å². The number of nitrogens with zero attached hydrogens (tertiary/aromatic N) is 2. The molecule has 1 amide bonds. The smallest absolute Gasteiger partial charge is 0.251 e. The van der Waals surface area contributed by atoms with Crippen LogP contribution in [0.2, 0.25) is 0 Å². The molecule has 1 aliphatic carbocycles. The third kappa shape index (κ3) is 4.58. The van der Waals surface area contributed by atoms with Gasteiger partial charge in [0.1, 0.15) is 18.0 Å². The normalized spacial score (nSPS) is 28.2. The monoisotopic (exact) mass is 397 g/mol. The predicted octanol–water partition coefficient (Wildman–Crippen LogP) is 1.22. The lowest BCUT2D eigenvalue weighted by Crippen LogP contribution is -2.55. The maximum atomic E-state index is 12.8. The lowest BCUT2D eigenvalue weighted by atomic mass is 10.0. The van der Waals surface area contributed by atoms with Crippen LogP contribution in [-0.4, -0.2) is 69.5 Å². The highest BCUT2D eigenvalue weighted by Crippen LogP contribution is 2.31. The molecule has 1 aromatic heterocycles. The summed E-state index contributed by atoms with van der Waals surface area (Å²) in [5.41, 5.74) is 0.589. The molecule has 7 nitrogen and oxygen atoms in total. The average Bonchev–Trinajstić information content (AvgIpc) is 3.05. The van der Waals surface area contributed by atoms with Crippen molar-refractivity contribution in [3.63, 3.8) is 0 Å². The SMILES string of the molecule is O=C(N[C@@H]1C[C@@H](Oc2cccnc2)[C@H](O)[C@H]1N1CCC(O)CC1)c1ccccc1. The molecule has 1 saturated carbocycles. The summed E-state index contributed by atoms with van der Waals surface area (Å²) in [6.45, 7) is 1.36. The third-order valence-corrected chi connectivity index (χ3v) is 5.82. The van der Waals surface area contributed by atoms with Gasteiger partial charge < -0.3 is 20.3 Å². The Labute approximate surface area is 170 Å². The van der Waals surface area contributed by atoms with E-state index in [-0.39, 0.29) is 24.1 Å². The number of aliphatic hydroxyl groups is 2. The molecule has 4 rings (SSSR count). The fourth-order valence-corrected chi connectivity index (χ4v) is 4.34. The molecule has 3 N–H and O–H groups in total. The van der Waals surface area contributed by atoms with Crippen LogP contribution in [0, 0.1) is 0 Å². The fourth-order valence-electron chi connectivity index (χ4n) is 4.34. The first kappa shape index (κ1) is 19.8. The van der Waals surface area contributed by atoms with Crippen molar-refractivity contribution in [3.8, 4) is 5.75 Å². The second-order valence-corrected chi connectivity index (χ2v) is 7.78. The van der Waals surface area contributed by atoms with E-state index in [1.54, 1.807) is 30.6 Å². The summed E-state index contributed by atoms with van der Waals surface area (Å²) in [5, 5.41) is 24.0. The van der Waals surface area contributed by atoms with Gasteiger partial charge in [0.25, 0.3) is 5.91 Å². The van der Waals surface area contributed by atoms with Crippen LogP contribution in [0.5, 0.6) is 5.75 Å². The molecule has 1 aromatic carbocycles. The number of piperidine rings is 1. The molecule has 154 valence electrons. The Kier molecular flexibility index (Phi) is 6.08. The van der Waals surface area contributed by atoms with E-state index in [1.165, 1.54) is 0 Å². The number of amides is 1. The number of rotatable bonds is 5. The van der Waals surface area contributed by atoms with E-state index in [2.05, 4.69) is 15.2 Å². The van der Waals surface area contributed by atoms with E-state index in [0.717, 1.165) is 0 Å². The van der Waals surface area contributed by atoms with Crippen LogP contribution in [0.15, 0.2) is 54.9 Å². The van der Waals surface area contributed by atoms with Gasteiger partial charge in [0, 0.05) is 31.3 Å². The number of nitrogens with one attached hydrogen (secondary N) is 1. The van der Waals surface area contributed by atoms with Gasteiger partial charge in [-0.05, 0) is 37.1 Å². The number of pyridine rings is 1. The van der Waals surface area contributed by atoms with Gasteiger partial charge in [0.15, 0.2) is 0 Å². The van der Waals surface area contributed by atoms with Crippen molar-refractivity contribution < 1.29 is 19.7 Å². The minimum absolute atomic E-state index is 0.160. The first-order valence-corrected chi connectivity index (χ1v) is 10.1. The summed E-state index contributed by atoms with van der Waals surface area (Å²) in [4.78, 5) is 19.0. The van der Waals surface area contributed by atoms with E-state index in [4.69, 9.17) is 4.74 Å². The Morgan fingerprint density at radius 1 is 1.10 bits per heavy atom. The molecular formula is C22H27N3O4. The molecule has 1 aliphatic heterocycles. The number of benzene rings is 1. The quantitative estimate of drug-likeness (QED) is 0.702. The third-order valence-electron chi connectivity index (χ3n) is 5.82. The highest BCUT2D eigenvalue weighted by Gasteiger charge is 2.48. The molecule has 0 spiro atoms. The Hall–Kier alpha value is -2.48. The Balaban J connectivity index is 1.52. The molecule has 0 radical (unpaired) electrons. The van der Waals surface area contributed by atoms with Crippen LogP contribution in [0.3, 0.4) is 0 Å². The van der Waals surface area contributed by atoms with Gasteiger partial charge in [-0.2, -0.15) is 0 Å². The van der Waals surface area contributed by atoms with E-state index in [9.17, 15) is 15.0 Å². The van der Waals surface area contributed by atoms with E-state index >= 15 is 0 Å². The minimum atomic E-state index is -0.758. The molecule has 7 heteroatoms. The maximum Gasteiger partial charge on any atom is 0.251 e. The molecule has 2 heterocycles. The zero-order chi connectivity index (χ0) is 20.2. The molecule has 0 bridgehead atoms. The number of ether oxygens (including phenoxy) is 1. The second kappa shape index (κ2) is 8.90. The van der Waals surface area contributed by atoms with Crippen LogP contribution < -0.4 is 10.1 Å². The summed E-state index contributed by atoms with van der Waals surface area (Å²) in [7, 11) is 0. The molecular weight excluding hydrogens is 370 g/mol. The topological polar surface area (TPSA) is 94.9 Å². The molecule has 1 saturated heterocycles. The molecule has 2 aromatic rings. The predicted molar refractivity (Wildman–Crippen MR) is 108 cm³/mol. The van der Waals surface area contributed by atoms with Crippen molar-refractivity contribution in [2.24, 2.45) is 0 Å². The summed E-state index contributed by atoms with van der Waals surface area (Å²) < 4.78 is 6.01. The Morgan fingerprint density at radius 2 is 1.86 bits per heavy atom. The molecule has 2 aliphatic rings. The second-order valence-electron chi connectivity index (χ2n) is 7.78. The van der Waals surface area contributed by atoms with Gasteiger partial charge in [-0.3, -0.25) is 14.7 Å². The molecule has 0 unspecified atom stereocenters. The minimum Gasteiger partial charge on any atom is -0.486 e. The van der Waals surface area contributed by atoms with E-state index in [0.29, 0.717) is 43.7 Å². The summed E-state index contributed by atoms with van der Waals surface area (Å²) in [6.07, 6.45) is 3.61. The van der Waals surface area contributed by atoms with Crippen LogP contribution >= 0.6 is 0 Å². The number of aromatic nitrogens is 1. The standard InChI is InChI=1S/C22H27N3O4/c26-16-8-11-25(12-9-16)20-18(24-22(28)15-5-2-1-3-6-15)13-19(21(20)27)29-17-7-4-10-23-14-17/h1-7,10,14,16,18-21,26-27H,8-9,11-13H2,(H,24,28)/t18-,19-,20+,21+/m1/s1. The number of likely N-dealkylation sites (tertiary alicyclic amines) is 1. The molecule has 2 fully saturated rings. The van der Waals surface area contributed by atoms with Crippen molar-refractivity contribution in [1.82, 2.24) is 15.2 Å². The average molecular weight is 397 g/mol. The van der Waals surface area contributed by atoms with Gasteiger partial charge >= 0.3 is 0 Å². The summed E-state index contributed by atoms with van der Waals surface area (Å²) in [6, 6.07) is 12.2. The maximum absolute atomic E-state index is 12.8. The zero-order valence-electron chi connectivity index (χ0n) is 16.2. The largest absolute Gasteiger partial charge is 0.486 e. The van der Waals surface area contributed by atoms with Crippen LogP contribution in [0.1, 0.15) is 29.6 Å². The van der Waals surface area contributed by atoms with Crippen LogP contribution in [0.4, 0.5) is 0 Å². The first-order valence-electron chi connectivity index (χ1n) is 10.1. The highest BCUT2D eigenvalue weighted by molar-refractivity contribution is 5.94. The van der Waals surface area contributed by atoms with E-state index in [1.807, 2.05) is 24.3 Å². The van der Waals surface area contributed by atoms with E-state index < -0.39 is 12.2 Å². The number of hydrogen-bond donors (Lipinski definition) is 3. The van der Waals surface area contributed by atoms with Crippen LogP contribution in [-0.2, 0) is 0 Å². The molecule has 4 atom stereocenters. The van der Waals surface area contributed by atoms with Crippen molar-refractivity contribution in [2.45, 2.75) is 49.7 Å². The fraction of sp³-hybridized carbons (Fsp3) is 0.455. The van der Waals surface area contributed by atoms with Gasteiger partial charge in [-0.25, -0.2) is 0 Å². The Morgan fingerprint density at radius 3 is 2.55 bits per heavy atom. The highest BCUT2D eigenvalue weighted by atomic mass is 16.5. The number of carbonyl (C=O) groups is 1. The van der Waals surface area contributed by atoms with Crippen molar-refractivity contribution in [2.75, 3.05) is 13.1 Å². The van der Waals surface area contributed by atoms with Gasteiger partial charge in [0.2, 0.25) is 0 Å². The van der Waals surface area contributed by atoms with Crippen LogP contribution in [0.25, 0.3) is 0 Å². The summed E-state index contributed by atoms with van der Waals surface area (Å²) >= 11 is 0. The van der Waals surface area contributed by atoms with Crippen molar-refractivity contribution in [3.05, 3.63) is 60.4 Å². The van der Waals surface area contributed by atoms with Gasteiger partial charge in [-0.1, -0.05) is 18.2 Å². The van der Waals surface area contributed by atoms with Crippen molar-refractivity contribution in [1.29, 1.82) is 0 Å². The van der Waals surface area contributed by atoms with Gasteiger partial charge in [0.05, 0.1) is 24.4 Å². The van der Waals surface area contributed by atoms with Gasteiger partial charge in [-0.15, -0.1) is 0 Å². The lowest BCUT2D eigenvalue weighted by Gasteiger charge is -2.38. The Bertz CT molecular complexity index is 796. The first-order chi connectivity index (χ1) is 14.1. The number of hydrogen-bond acceptors (Lipinski definition) is 6. The number of carbonyl (C=O) groups excluding carboxylic acids is 1. The zero-order valence-corrected chi connectivity index (χ0v) is 16.2.